The molecule has 0 aromatic carbocycles. The van der Waals surface area contributed by atoms with Gasteiger partial charge in [-0.25, -0.2) is 0 Å². The number of ketones is 1. The monoisotopic (exact) mass is 494 g/mol. The summed E-state index contributed by atoms with van der Waals surface area (Å²) in [6.07, 6.45) is 12.3. The predicted molar refractivity (Wildman–Crippen MR) is 134 cm³/mol. The molecule has 6 heteroatoms. The second kappa shape index (κ2) is 7.93. The minimum absolute atomic E-state index is 0.0214. The van der Waals surface area contributed by atoms with Crippen molar-refractivity contribution in [1.29, 1.82) is 0 Å². The fourth-order valence-electron chi connectivity index (χ4n) is 9.48. The van der Waals surface area contributed by atoms with Crippen molar-refractivity contribution in [3.63, 3.8) is 0 Å². The summed E-state index contributed by atoms with van der Waals surface area (Å²) in [5.41, 5.74) is 0.239. The van der Waals surface area contributed by atoms with Crippen LogP contribution in [0.25, 0.3) is 0 Å². The third-order valence-corrected chi connectivity index (χ3v) is 10.9. The minimum Gasteiger partial charge on any atom is -0.472 e. The molecule has 5 rings (SSSR count). The van der Waals surface area contributed by atoms with Gasteiger partial charge in [-0.1, -0.05) is 52.3 Å². The standard InChI is InChI=1S/C30H38O6/c1-27(2)21(31)11-14-29(4)20-10-13-28(3)18(17-12-15-36-16-17)8-9-19(28)30(20,5)23(26(33)35-7)22(24(27)29)25(32)34-6/h9,11-12,14-16,18,20,22-24H,8,10,13H2,1-7H3. The van der Waals surface area contributed by atoms with Crippen LogP contribution in [0.5, 0.6) is 0 Å². The molecule has 194 valence electrons. The van der Waals surface area contributed by atoms with Crippen molar-refractivity contribution in [1.82, 2.24) is 0 Å². The maximum absolute atomic E-state index is 13.8. The lowest BCUT2D eigenvalue weighted by molar-refractivity contribution is -0.201. The van der Waals surface area contributed by atoms with Crippen molar-refractivity contribution >= 4 is 17.7 Å². The third kappa shape index (κ3) is 2.93. The zero-order chi connectivity index (χ0) is 26.3. The number of furan rings is 1. The van der Waals surface area contributed by atoms with Gasteiger partial charge in [0.2, 0.25) is 0 Å². The summed E-state index contributed by atoms with van der Waals surface area (Å²) in [4.78, 5) is 40.6. The lowest BCUT2D eigenvalue weighted by Crippen LogP contribution is -2.68. The maximum atomic E-state index is 13.8. The normalized spacial score (nSPS) is 42.6. The molecule has 0 radical (unpaired) electrons. The van der Waals surface area contributed by atoms with Crippen molar-refractivity contribution in [3.8, 4) is 0 Å². The van der Waals surface area contributed by atoms with E-state index < -0.39 is 45.9 Å². The summed E-state index contributed by atoms with van der Waals surface area (Å²) in [5, 5.41) is 0. The molecule has 4 aliphatic rings. The first-order chi connectivity index (χ1) is 16.9. The van der Waals surface area contributed by atoms with Gasteiger partial charge in [0.05, 0.1) is 38.6 Å². The third-order valence-electron chi connectivity index (χ3n) is 10.9. The molecule has 1 heterocycles. The Kier molecular flexibility index (Phi) is 5.52. The van der Waals surface area contributed by atoms with Crippen LogP contribution in [-0.2, 0) is 23.9 Å². The Morgan fingerprint density at radius 2 is 1.75 bits per heavy atom. The zero-order valence-corrected chi connectivity index (χ0v) is 22.4. The molecule has 36 heavy (non-hydrogen) atoms. The molecule has 4 aliphatic carbocycles. The molecule has 0 aliphatic heterocycles. The Morgan fingerprint density at radius 3 is 2.36 bits per heavy atom. The minimum atomic E-state index is -0.833. The number of hydrogen-bond donors (Lipinski definition) is 0. The fraction of sp³-hybridized carbons (Fsp3) is 0.633. The Morgan fingerprint density at radius 1 is 1.06 bits per heavy atom. The second-order valence-electron chi connectivity index (χ2n) is 12.6. The van der Waals surface area contributed by atoms with Crippen LogP contribution >= 0.6 is 0 Å². The topological polar surface area (TPSA) is 82.8 Å². The van der Waals surface area contributed by atoms with Crippen molar-refractivity contribution in [3.05, 3.63) is 48.0 Å². The average molecular weight is 495 g/mol. The zero-order valence-electron chi connectivity index (χ0n) is 22.4. The van der Waals surface area contributed by atoms with E-state index in [1.54, 1.807) is 12.3 Å². The molecule has 0 amide bonds. The van der Waals surface area contributed by atoms with Gasteiger partial charge in [0, 0.05) is 10.8 Å². The van der Waals surface area contributed by atoms with Crippen LogP contribution < -0.4 is 0 Å². The number of rotatable bonds is 3. The molecular weight excluding hydrogens is 456 g/mol. The van der Waals surface area contributed by atoms with Gasteiger partial charge in [0.15, 0.2) is 5.78 Å². The van der Waals surface area contributed by atoms with Gasteiger partial charge in [-0.3, -0.25) is 14.4 Å². The lowest BCUT2D eigenvalue weighted by Gasteiger charge is -2.68. The van der Waals surface area contributed by atoms with Gasteiger partial charge in [0.1, 0.15) is 0 Å². The molecule has 8 unspecified atom stereocenters. The summed E-state index contributed by atoms with van der Waals surface area (Å²) in [6, 6.07) is 2.03. The molecule has 0 bridgehead atoms. The fourth-order valence-corrected chi connectivity index (χ4v) is 9.48. The van der Waals surface area contributed by atoms with E-state index in [0.29, 0.717) is 0 Å². The molecule has 0 N–H and O–H groups in total. The number of hydrogen-bond acceptors (Lipinski definition) is 6. The first kappa shape index (κ1) is 25.0. The number of esters is 2. The number of ether oxygens (including phenoxy) is 2. The van der Waals surface area contributed by atoms with Crippen LogP contribution in [-0.4, -0.2) is 31.9 Å². The highest BCUT2D eigenvalue weighted by Gasteiger charge is 2.73. The summed E-state index contributed by atoms with van der Waals surface area (Å²) >= 11 is 0. The van der Waals surface area contributed by atoms with E-state index in [9.17, 15) is 14.4 Å². The van der Waals surface area contributed by atoms with Gasteiger partial charge in [0.25, 0.3) is 0 Å². The molecule has 2 saturated carbocycles. The van der Waals surface area contributed by atoms with Gasteiger partial charge in [-0.15, -0.1) is 0 Å². The number of fused-ring (bicyclic) bond motifs is 5. The highest BCUT2D eigenvalue weighted by Crippen LogP contribution is 2.75. The Bertz CT molecular complexity index is 1160. The predicted octanol–water partition coefficient (Wildman–Crippen LogP) is 5.50. The first-order valence-electron chi connectivity index (χ1n) is 13.0. The van der Waals surface area contributed by atoms with Gasteiger partial charge < -0.3 is 13.9 Å². The number of carbonyl (C=O) groups excluding carboxylic acids is 3. The van der Waals surface area contributed by atoms with Crippen LogP contribution in [0, 0.1) is 45.3 Å². The number of carbonyl (C=O) groups is 3. The largest absolute Gasteiger partial charge is 0.472 e. The van der Waals surface area contributed by atoms with E-state index in [0.717, 1.165) is 24.8 Å². The molecule has 0 saturated heterocycles. The maximum Gasteiger partial charge on any atom is 0.310 e. The van der Waals surface area contributed by atoms with E-state index in [4.69, 9.17) is 13.9 Å². The van der Waals surface area contributed by atoms with E-state index in [1.165, 1.54) is 19.8 Å². The smallest absolute Gasteiger partial charge is 0.310 e. The Hall–Kier alpha value is -2.63. The van der Waals surface area contributed by atoms with Crippen molar-refractivity contribution in [2.24, 2.45) is 45.3 Å². The van der Waals surface area contributed by atoms with E-state index in [2.05, 4.69) is 26.8 Å². The van der Waals surface area contributed by atoms with Crippen LogP contribution in [0.1, 0.15) is 65.4 Å². The lowest BCUT2D eigenvalue weighted by atomic mass is 9.34. The van der Waals surface area contributed by atoms with E-state index in [-0.39, 0.29) is 23.0 Å². The van der Waals surface area contributed by atoms with Gasteiger partial charge >= 0.3 is 11.9 Å². The number of methoxy groups -OCH3 is 2. The summed E-state index contributed by atoms with van der Waals surface area (Å²) in [7, 11) is 2.75. The van der Waals surface area contributed by atoms with E-state index >= 15 is 0 Å². The van der Waals surface area contributed by atoms with Crippen molar-refractivity contribution < 1.29 is 28.3 Å². The molecule has 0 spiro atoms. The summed E-state index contributed by atoms with van der Waals surface area (Å²) in [5.74, 6) is -2.56. The van der Waals surface area contributed by atoms with Crippen molar-refractivity contribution in [2.45, 2.75) is 59.8 Å². The molecule has 2 fully saturated rings. The molecule has 1 aromatic rings. The van der Waals surface area contributed by atoms with Crippen LogP contribution in [0.4, 0.5) is 0 Å². The van der Waals surface area contributed by atoms with Gasteiger partial charge in [-0.2, -0.15) is 0 Å². The van der Waals surface area contributed by atoms with Crippen LogP contribution in [0.2, 0.25) is 0 Å². The highest BCUT2D eigenvalue weighted by atomic mass is 16.5. The Labute approximate surface area is 213 Å². The SMILES string of the molecule is COC(=O)C1C2C(C)(C)C(=O)C=CC2(C)C2CCC3(C)C(=CCC3c3ccoc3)C2(C)C1C(=O)OC. The van der Waals surface area contributed by atoms with Crippen LogP contribution in [0.3, 0.4) is 0 Å². The molecule has 6 nitrogen and oxygen atoms in total. The summed E-state index contributed by atoms with van der Waals surface area (Å²) in [6.45, 7) is 10.5. The molecule has 8 atom stereocenters. The average Bonchev–Trinajstić information content (AvgIpc) is 3.48. The first-order valence-corrected chi connectivity index (χ1v) is 13.0. The summed E-state index contributed by atoms with van der Waals surface area (Å²) < 4.78 is 16.2. The van der Waals surface area contributed by atoms with Crippen molar-refractivity contribution in [2.75, 3.05) is 14.2 Å². The Balaban J connectivity index is 1.76. The van der Waals surface area contributed by atoms with E-state index in [1.807, 2.05) is 32.3 Å². The highest BCUT2D eigenvalue weighted by molar-refractivity contribution is 5.97. The van der Waals surface area contributed by atoms with Crippen LogP contribution in [0.15, 0.2) is 46.8 Å². The number of allylic oxidation sites excluding steroid dienone is 4. The second-order valence-corrected chi connectivity index (χ2v) is 12.6. The quantitative estimate of drug-likeness (QED) is 0.408. The molecular formula is C30H38O6. The molecule has 1 aromatic heterocycles. The van der Waals surface area contributed by atoms with Gasteiger partial charge in [-0.05, 0) is 65.6 Å².